The number of benzene rings is 1. The van der Waals surface area contributed by atoms with Crippen LogP contribution in [-0.2, 0) is 10.0 Å². The average molecular weight is 312 g/mol. The van der Waals surface area contributed by atoms with Crippen LogP contribution >= 0.6 is 11.6 Å². The van der Waals surface area contributed by atoms with Crippen LogP contribution in [0.4, 0.5) is 15.9 Å². The van der Waals surface area contributed by atoms with Crippen molar-refractivity contribution in [1.29, 1.82) is 0 Å². The van der Waals surface area contributed by atoms with Gasteiger partial charge < -0.3 is 0 Å². The maximum Gasteiger partial charge on any atom is 0.287 e. The summed E-state index contributed by atoms with van der Waals surface area (Å²) in [5.74, 6) is -0.358. The Morgan fingerprint density at radius 1 is 1.25 bits per heavy atom. The number of anilines is 2. The maximum atomic E-state index is 13.2. The fourth-order valence-electron chi connectivity index (χ4n) is 1.81. The molecule has 5 nitrogen and oxygen atoms in total. The number of hydrogen-bond donors (Lipinski definition) is 0. The van der Waals surface area contributed by atoms with E-state index in [-0.39, 0.29) is 15.7 Å². The van der Waals surface area contributed by atoms with Crippen molar-refractivity contribution < 1.29 is 12.8 Å². The van der Waals surface area contributed by atoms with Crippen LogP contribution in [0.2, 0.25) is 5.02 Å². The van der Waals surface area contributed by atoms with Crippen LogP contribution in [0.25, 0.3) is 0 Å². The molecule has 2 heterocycles. The van der Waals surface area contributed by atoms with Crippen LogP contribution in [0.15, 0.2) is 45.8 Å². The van der Waals surface area contributed by atoms with E-state index >= 15 is 0 Å². The molecule has 20 heavy (non-hydrogen) atoms. The lowest BCUT2D eigenvalue weighted by atomic mass is 10.3. The van der Waals surface area contributed by atoms with E-state index in [9.17, 15) is 12.8 Å². The summed E-state index contributed by atoms with van der Waals surface area (Å²) in [6.45, 7) is 0. The normalized spacial score (nSPS) is 16.0. The second-order valence-corrected chi connectivity index (χ2v) is 6.00. The maximum absolute atomic E-state index is 13.2. The van der Waals surface area contributed by atoms with Crippen molar-refractivity contribution in [2.24, 2.45) is 4.40 Å². The molecule has 0 saturated heterocycles. The first kappa shape index (κ1) is 13.0. The van der Waals surface area contributed by atoms with E-state index in [2.05, 4.69) is 9.38 Å². The molecule has 0 unspecified atom stereocenters. The summed E-state index contributed by atoms with van der Waals surface area (Å²) in [6.07, 6.45) is 2.58. The highest BCUT2D eigenvalue weighted by Crippen LogP contribution is 2.33. The third-order valence-corrected chi connectivity index (χ3v) is 4.28. The SMILES string of the molecule is O=S1(=O)N=CN(c2ccc(F)c(Cl)c2)c2ncccc21. The second-order valence-electron chi connectivity index (χ2n) is 3.99. The van der Waals surface area contributed by atoms with Crippen molar-refractivity contribution in [2.75, 3.05) is 4.90 Å². The van der Waals surface area contributed by atoms with Crippen LogP contribution in [0.5, 0.6) is 0 Å². The molecular weight excluding hydrogens is 305 g/mol. The van der Waals surface area contributed by atoms with E-state index in [0.717, 1.165) is 6.34 Å². The number of aromatic nitrogens is 1. The Kier molecular flexibility index (Phi) is 2.95. The lowest BCUT2D eigenvalue weighted by Gasteiger charge is -2.23. The smallest absolute Gasteiger partial charge is 0.283 e. The van der Waals surface area contributed by atoms with Gasteiger partial charge in [-0.2, -0.15) is 8.42 Å². The van der Waals surface area contributed by atoms with Gasteiger partial charge in [-0.25, -0.2) is 9.37 Å². The monoisotopic (exact) mass is 311 g/mol. The summed E-state index contributed by atoms with van der Waals surface area (Å²) in [5.41, 5.74) is 0.468. The summed E-state index contributed by atoms with van der Waals surface area (Å²) in [5, 5.41) is -0.0678. The third-order valence-electron chi connectivity index (χ3n) is 2.74. The first-order chi connectivity index (χ1) is 9.49. The molecule has 1 aliphatic heterocycles. The number of sulfonamides is 1. The van der Waals surface area contributed by atoms with E-state index < -0.39 is 15.8 Å². The Hall–Kier alpha value is -1.99. The molecule has 0 spiro atoms. The number of hydrogen-bond acceptors (Lipinski definition) is 4. The number of nitrogens with zero attached hydrogens (tertiary/aromatic N) is 3. The molecule has 1 aromatic carbocycles. The molecule has 0 radical (unpaired) electrons. The minimum atomic E-state index is -3.74. The fourth-order valence-corrected chi connectivity index (χ4v) is 2.95. The van der Waals surface area contributed by atoms with Gasteiger partial charge in [-0.15, -0.1) is 4.40 Å². The Balaban J connectivity index is 2.19. The zero-order valence-corrected chi connectivity index (χ0v) is 11.4. The highest BCUT2D eigenvalue weighted by Gasteiger charge is 2.27. The van der Waals surface area contributed by atoms with Gasteiger partial charge in [0.05, 0.1) is 10.7 Å². The van der Waals surface area contributed by atoms with Crippen molar-refractivity contribution in [3.05, 3.63) is 47.4 Å². The average Bonchev–Trinajstić information content (AvgIpc) is 2.43. The topological polar surface area (TPSA) is 62.6 Å². The van der Waals surface area contributed by atoms with Gasteiger partial charge in [-0.1, -0.05) is 11.6 Å². The van der Waals surface area contributed by atoms with Crippen molar-refractivity contribution in [2.45, 2.75) is 4.90 Å². The Bertz CT molecular complexity index is 823. The molecule has 1 aromatic heterocycles. The van der Waals surface area contributed by atoms with Crippen LogP contribution in [0, 0.1) is 5.82 Å². The third kappa shape index (κ3) is 2.04. The molecule has 0 fully saturated rings. The van der Waals surface area contributed by atoms with E-state index in [0.29, 0.717) is 5.69 Å². The first-order valence-electron chi connectivity index (χ1n) is 5.49. The molecule has 0 bridgehead atoms. The van der Waals surface area contributed by atoms with Crippen molar-refractivity contribution >= 4 is 39.5 Å². The Morgan fingerprint density at radius 3 is 2.80 bits per heavy atom. The number of pyridine rings is 1. The molecular formula is C12H7ClFN3O2S. The standard InChI is InChI=1S/C12H7ClFN3O2S/c13-9-6-8(3-4-10(9)14)17-7-16-20(18,19)11-2-1-5-15-12(11)17/h1-7H. The summed E-state index contributed by atoms with van der Waals surface area (Å²) < 4.78 is 40.3. The molecule has 2 aromatic rings. The molecule has 102 valence electrons. The molecule has 1 aliphatic rings. The van der Waals surface area contributed by atoms with Gasteiger partial charge in [-0.05, 0) is 30.3 Å². The molecule has 0 saturated carbocycles. The lowest BCUT2D eigenvalue weighted by Crippen LogP contribution is -2.23. The van der Waals surface area contributed by atoms with Crippen molar-refractivity contribution in [1.82, 2.24) is 4.98 Å². The van der Waals surface area contributed by atoms with Gasteiger partial charge in [0.2, 0.25) is 0 Å². The van der Waals surface area contributed by atoms with Gasteiger partial charge >= 0.3 is 0 Å². The predicted octanol–water partition coefficient (Wildman–Crippen LogP) is 2.74. The second kappa shape index (κ2) is 4.53. The van der Waals surface area contributed by atoms with E-state index in [4.69, 9.17) is 11.6 Å². The van der Waals surface area contributed by atoms with Crippen LogP contribution in [0.1, 0.15) is 0 Å². The lowest BCUT2D eigenvalue weighted by molar-refractivity contribution is 0.597. The molecule has 0 atom stereocenters. The fraction of sp³-hybridized carbons (Fsp3) is 0. The predicted molar refractivity (Wildman–Crippen MR) is 73.5 cm³/mol. The van der Waals surface area contributed by atoms with Gasteiger partial charge in [-0.3, -0.25) is 4.90 Å². The summed E-state index contributed by atoms with van der Waals surface area (Å²) in [7, 11) is -3.74. The van der Waals surface area contributed by atoms with Gasteiger partial charge in [0.25, 0.3) is 10.0 Å². The molecule has 0 amide bonds. The van der Waals surface area contributed by atoms with Gasteiger partial charge in [0.1, 0.15) is 17.1 Å². The van der Waals surface area contributed by atoms with Crippen molar-refractivity contribution in [3.8, 4) is 0 Å². The first-order valence-corrected chi connectivity index (χ1v) is 7.30. The van der Waals surface area contributed by atoms with E-state index in [1.807, 2.05) is 0 Å². The highest BCUT2D eigenvalue weighted by atomic mass is 35.5. The van der Waals surface area contributed by atoms with Crippen LogP contribution in [-0.4, -0.2) is 19.7 Å². The van der Waals surface area contributed by atoms with Gasteiger partial charge in [0.15, 0.2) is 5.82 Å². The number of halogens is 2. The molecule has 8 heteroatoms. The quantitative estimate of drug-likeness (QED) is 0.812. The van der Waals surface area contributed by atoms with Crippen molar-refractivity contribution in [3.63, 3.8) is 0 Å². The largest absolute Gasteiger partial charge is 0.287 e. The summed E-state index contributed by atoms with van der Waals surface area (Å²) in [4.78, 5) is 5.46. The van der Waals surface area contributed by atoms with E-state index in [1.54, 1.807) is 0 Å². The van der Waals surface area contributed by atoms with Crippen LogP contribution < -0.4 is 4.90 Å². The zero-order chi connectivity index (χ0) is 14.3. The minimum absolute atomic E-state index is 0.0112. The summed E-state index contributed by atoms with van der Waals surface area (Å²) >= 11 is 5.73. The Labute approximate surface area is 119 Å². The molecule has 0 N–H and O–H groups in total. The van der Waals surface area contributed by atoms with E-state index in [1.165, 1.54) is 41.4 Å². The van der Waals surface area contributed by atoms with Gasteiger partial charge in [0, 0.05) is 6.20 Å². The minimum Gasteiger partial charge on any atom is -0.283 e. The zero-order valence-electron chi connectivity index (χ0n) is 9.86. The highest BCUT2D eigenvalue weighted by molar-refractivity contribution is 7.90. The number of fused-ring (bicyclic) bond motifs is 1. The molecule has 3 rings (SSSR count). The summed E-state index contributed by atoms with van der Waals surface area (Å²) in [6, 6.07) is 6.94. The molecule has 0 aliphatic carbocycles. The van der Waals surface area contributed by atoms with Crippen LogP contribution in [0.3, 0.4) is 0 Å². The Morgan fingerprint density at radius 2 is 2.05 bits per heavy atom. The number of rotatable bonds is 1.